The van der Waals surface area contributed by atoms with E-state index in [2.05, 4.69) is 6.92 Å². The molecule has 2 rings (SSSR count). The monoisotopic (exact) mass is 351 g/mol. The smallest absolute Gasteiger partial charge is 0.227 e. The number of aliphatic hydroxyl groups is 1. The molecule has 0 unspecified atom stereocenters. The number of aliphatic hydroxyl groups excluding tert-OH is 1. The number of pyridine rings is 1. The lowest BCUT2D eigenvalue weighted by Crippen LogP contribution is -2.31. The van der Waals surface area contributed by atoms with E-state index in [0.29, 0.717) is 5.69 Å². The lowest BCUT2D eigenvalue weighted by Gasteiger charge is -2.29. The van der Waals surface area contributed by atoms with Gasteiger partial charge >= 0.3 is 0 Å². The number of methoxy groups -OCH3 is 1. The molecular formula is C20H33NO4. The van der Waals surface area contributed by atoms with Crippen molar-refractivity contribution in [2.24, 2.45) is 0 Å². The average molecular weight is 351 g/mol. The summed E-state index contributed by atoms with van der Waals surface area (Å²) < 4.78 is 6.93. The highest BCUT2D eigenvalue weighted by molar-refractivity contribution is 5.40. The number of hydrogen-bond donors (Lipinski definition) is 1. The third-order valence-electron chi connectivity index (χ3n) is 5.33. The normalized spacial score (nSPS) is 16.6. The summed E-state index contributed by atoms with van der Waals surface area (Å²) in [6, 6.07) is 0. The van der Waals surface area contributed by atoms with Crippen LogP contribution >= 0.6 is 0 Å². The molecule has 0 amide bonds. The molecule has 5 heteroatoms. The van der Waals surface area contributed by atoms with Crippen molar-refractivity contribution in [3.63, 3.8) is 0 Å². The van der Waals surface area contributed by atoms with Crippen LogP contribution in [0.5, 0.6) is 5.75 Å². The number of rotatable bonds is 10. The second kappa shape index (κ2) is 9.85. The zero-order valence-electron chi connectivity index (χ0n) is 16.0. The fourth-order valence-corrected chi connectivity index (χ4v) is 4.09. The Morgan fingerprint density at radius 2 is 1.88 bits per heavy atom. The van der Waals surface area contributed by atoms with Crippen LogP contribution in [-0.2, 0) is 13.0 Å². The number of fused-ring (bicyclic) bond motifs is 1. The van der Waals surface area contributed by atoms with E-state index < -0.39 is 0 Å². The van der Waals surface area contributed by atoms with Crippen LogP contribution in [-0.4, -0.2) is 24.1 Å². The number of hydrogen-bond acceptors (Lipinski definition) is 4. The van der Waals surface area contributed by atoms with E-state index in [-0.39, 0.29) is 23.7 Å². The van der Waals surface area contributed by atoms with Gasteiger partial charge in [0, 0.05) is 5.56 Å². The lowest BCUT2D eigenvalue weighted by atomic mass is 9.81. The number of ether oxygens (including phenoxy) is 1. The first-order valence-electron chi connectivity index (χ1n) is 9.69. The number of nitrogens with zero attached hydrogens (tertiary/aromatic N) is 1. The van der Waals surface area contributed by atoms with Gasteiger partial charge in [-0.3, -0.25) is 4.79 Å². The van der Waals surface area contributed by atoms with Gasteiger partial charge < -0.3 is 14.7 Å². The highest BCUT2D eigenvalue weighted by atomic mass is 16.6. The van der Waals surface area contributed by atoms with Crippen molar-refractivity contribution in [1.29, 1.82) is 0 Å². The van der Waals surface area contributed by atoms with E-state index in [4.69, 9.17) is 9.57 Å². The summed E-state index contributed by atoms with van der Waals surface area (Å²) in [6.45, 7) is 1.95. The molecule has 1 aromatic rings. The molecule has 1 heterocycles. The number of unbranched alkanes of at least 4 members (excludes halogenated alkanes) is 5. The van der Waals surface area contributed by atoms with E-state index in [1.807, 2.05) is 0 Å². The molecule has 0 fully saturated rings. The highest BCUT2D eigenvalue weighted by Gasteiger charge is 2.30. The Kier molecular flexibility index (Phi) is 7.82. The minimum atomic E-state index is -0.276. The summed E-state index contributed by atoms with van der Waals surface area (Å²) in [5.74, 6) is 0.489. The van der Waals surface area contributed by atoms with Gasteiger partial charge in [0.25, 0.3) is 0 Å². The molecular weight excluding hydrogens is 318 g/mol. The van der Waals surface area contributed by atoms with Gasteiger partial charge in [-0.25, -0.2) is 0 Å². The average Bonchev–Trinajstić information content (AvgIpc) is 2.64. The molecule has 142 valence electrons. The van der Waals surface area contributed by atoms with E-state index in [9.17, 15) is 9.90 Å². The molecule has 1 aromatic heterocycles. The molecule has 0 bridgehead atoms. The molecule has 5 nitrogen and oxygen atoms in total. The van der Waals surface area contributed by atoms with Crippen molar-refractivity contribution < 1.29 is 14.7 Å². The van der Waals surface area contributed by atoms with Crippen LogP contribution in [0.2, 0.25) is 0 Å². The molecule has 1 atom stereocenters. The zero-order valence-corrected chi connectivity index (χ0v) is 16.0. The third kappa shape index (κ3) is 4.38. The van der Waals surface area contributed by atoms with Crippen molar-refractivity contribution >= 4 is 0 Å². The molecule has 0 aromatic carbocycles. The van der Waals surface area contributed by atoms with Crippen molar-refractivity contribution in [3.8, 4) is 5.75 Å². The van der Waals surface area contributed by atoms with Crippen LogP contribution in [0.1, 0.15) is 87.6 Å². The minimum absolute atomic E-state index is 0.0643. The molecule has 0 saturated heterocycles. The zero-order chi connectivity index (χ0) is 18.2. The fourth-order valence-electron chi connectivity index (χ4n) is 4.09. The van der Waals surface area contributed by atoms with Crippen molar-refractivity contribution in [1.82, 2.24) is 4.73 Å². The summed E-state index contributed by atoms with van der Waals surface area (Å²) >= 11 is 0. The molecule has 1 N–H and O–H groups in total. The number of aromatic nitrogens is 1. The van der Waals surface area contributed by atoms with Crippen LogP contribution in [0, 0.1) is 0 Å². The summed E-state index contributed by atoms with van der Waals surface area (Å²) in [7, 11) is 3.05. The van der Waals surface area contributed by atoms with Gasteiger partial charge in [0.05, 0.1) is 19.4 Å². The van der Waals surface area contributed by atoms with E-state index in [1.165, 1.54) is 39.2 Å². The van der Waals surface area contributed by atoms with Gasteiger partial charge in [0.1, 0.15) is 12.8 Å². The standard InChI is InChI=1S/C20H33NO4/c1-4-5-6-7-8-9-11-15-12-10-13-16-18(15)19(23)20(24-2)17(14-22)21(16)25-3/h15,22H,4-14H2,1-3H3/t15-/m1/s1. The molecule has 1 aliphatic rings. The first kappa shape index (κ1) is 19.8. The molecule has 1 aliphatic carbocycles. The van der Waals surface area contributed by atoms with Gasteiger partial charge in [-0.05, 0) is 31.6 Å². The molecule has 0 saturated carbocycles. The van der Waals surface area contributed by atoms with Crippen molar-refractivity contribution in [2.45, 2.75) is 83.7 Å². The maximum absolute atomic E-state index is 13.0. The maximum atomic E-state index is 13.0. The van der Waals surface area contributed by atoms with Crippen LogP contribution in [0.3, 0.4) is 0 Å². The Balaban J connectivity index is 2.23. The topological polar surface area (TPSA) is 60.7 Å². The van der Waals surface area contributed by atoms with Gasteiger partial charge in [0.15, 0.2) is 5.75 Å². The van der Waals surface area contributed by atoms with Crippen LogP contribution in [0.4, 0.5) is 0 Å². The van der Waals surface area contributed by atoms with Crippen molar-refractivity contribution in [3.05, 3.63) is 27.2 Å². The quantitative estimate of drug-likeness (QED) is 0.655. The Morgan fingerprint density at radius 1 is 1.16 bits per heavy atom. The highest BCUT2D eigenvalue weighted by Crippen LogP contribution is 2.35. The van der Waals surface area contributed by atoms with E-state index >= 15 is 0 Å². The Bertz CT molecular complexity index is 609. The molecule has 0 radical (unpaired) electrons. The summed E-state index contributed by atoms with van der Waals surface area (Å²) in [5, 5.41) is 9.68. The lowest BCUT2D eigenvalue weighted by molar-refractivity contribution is 0.122. The summed E-state index contributed by atoms with van der Waals surface area (Å²) in [4.78, 5) is 18.5. The second-order valence-electron chi connectivity index (χ2n) is 6.95. The van der Waals surface area contributed by atoms with Crippen LogP contribution < -0.4 is 15.0 Å². The van der Waals surface area contributed by atoms with Gasteiger partial charge in [-0.1, -0.05) is 45.4 Å². The first-order valence-corrected chi connectivity index (χ1v) is 9.69. The Labute approximate surface area is 150 Å². The third-order valence-corrected chi connectivity index (χ3v) is 5.33. The maximum Gasteiger partial charge on any atom is 0.227 e. The van der Waals surface area contributed by atoms with Crippen molar-refractivity contribution in [2.75, 3.05) is 14.2 Å². The van der Waals surface area contributed by atoms with Crippen LogP contribution in [0.25, 0.3) is 0 Å². The molecule has 25 heavy (non-hydrogen) atoms. The fraction of sp³-hybridized carbons (Fsp3) is 0.750. The largest absolute Gasteiger partial charge is 0.491 e. The SMILES string of the molecule is CCCCCCCC[C@@H]1CCCc2c1c(=O)c(OC)c(CO)n2OC. The second-order valence-corrected chi connectivity index (χ2v) is 6.95. The Hall–Kier alpha value is -1.49. The van der Waals surface area contributed by atoms with E-state index in [0.717, 1.165) is 43.4 Å². The van der Waals surface area contributed by atoms with Gasteiger partial charge in [0.2, 0.25) is 5.43 Å². The van der Waals surface area contributed by atoms with Crippen LogP contribution in [0.15, 0.2) is 4.79 Å². The predicted octanol–water partition coefficient (Wildman–Crippen LogP) is 3.58. The Morgan fingerprint density at radius 3 is 2.52 bits per heavy atom. The molecule has 0 aliphatic heterocycles. The summed E-state index contributed by atoms with van der Waals surface area (Å²) in [5.41, 5.74) is 2.11. The predicted molar refractivity (Wildman–Crippen MR) is 99.4 cm³/mol. The summed E-state index contributed by atoms with van der Waals surface area (Å²) in [6.07, 6.45) is 11.5. The first-order chi connectivity index (χ1) is 12.2. The molecule has 0 spiro atoms. The van der Waals surface area contributed by atoms with Gasteiger partial charge in [-0.15, -0.1) is 0 Å². The van der Waals surface area contributed by atoms with Gasteiger partial charge in [-0.2, -0.15) is 4.73 Å². The van der Waals surface area contributed by atoms with E-state index in [1.54, 1.807) is 11.8 Å². The minimum Gasteiger partial charge on any atom is -0.491 e.